The van der Waals surface area contributed by atoms with Crippen LogP contribution in [0.5, 0.6) is 11.5 Å². The number of aliphatic imine (C=N–C) groups is 1. The first kappa shape index (κ1) is 23.8. The van der Waals surface area contributed by atoms with Gasteiger partial charge in [-0.3, -0.25) is 10.2 Å². The topological polar surface area (TPSA) is 87.3 Å². The lowest BCUT2D eigenvalue weighted by molar-refractivity contribution is -0.114. The minimum atomic E-state index is -0.483. The quantitative estimate of drug-likeness (QED) is 0.318. The van der Waals surface area contributed by atoms with Gasteiger partial charge in [0, 0.05) is 5.56 Å². The summed E-state index contributed by atoms with van der Waals surface area (Å²) in [6.45, 7) is 2.85. The van der Waals surface area contributed by atoms with Gasteiger partial charge in [0.05, 0.1) is 10.6 Å². The van der Waals surface area contributed by atoms with Crippen molar-refractivity contribution in [3.8, 4) is 11.5 Å². The van der Waals surface area contributed by atoms with E-state index in [1.165, 1.54) is 22.3 Å². The first-order chi connectivity index (χ1) is 17.5. The largest absolute Gasteiger partial charge is 0.490 e. The minimum Gasteiger partial charge on any atom is -0.490 e. The molecule has 2 aliphatic rings. The average Bonchev–Trinajstić information content (AvgIpc) is 3.30. The second kappa shape index (κ2) is 10.4. The molecule has 7 nitrogen and oxygen atoms in total. The summed E-state index contributed by atoms with van der Waals surface area (Å²) in [7, 11) is 0. The number of carbonyl (C=O) groups excluding carboxylic acids is 1. The van der Waals surface area contributed by atoms with Gasteiger partial charge >= 0.3 is 0 Å². The van der Waals surface area contributed by atoms with Crippen LogP contribution in [0.4, 0.5) is 0 Å². The van der Waals surface area contributed by atoms with E-state index in [4.69, 9.17) is 26.5 Å². The molecule has 3 aromatic carbocycles. The molecule has 0 saturated heterocycles. The van der Waals surface area contributed by atoms with Crippen LogP contribution in [0.2, 0.25) is 5.02 Å². The van der Waals surface area contributed by atoms with Crippen LogP contribution in [0.1, 0.15) is 16.7 Å². The summed E-state index contributed by atoms with van der Waals surface area (Å²) >= 11 is 7.50. The highest BCUT2D eigenvalue weighted by atomic mass is 35.5. The predicted octanol–water partition coefficient (Wildman–Crippen LogP) is 5.77. The van der Waals surface area contributed by atoms with Crippen LogP contribution in [0.3, 0.4) is 0 Å². The van der Waals surface area contributed by atoms with Crippen molar-refractivity contribution in [3.05, 3.63) is 100 Å². The van der Waals surface area contributed by atoms with Crippen molar-refractivity contribution in [2.75, 3.05) is 13.2 Å². The number of ether oxygens (including phenoxy) is 2. The Morgan fingerprint density at radius 2 is 1.61 bits per heavy atom. The number of halogens is 1. The third kappa shape index (κ3) is 5.19. The number of amides is 1. The Kier molecular flexibility index (Phi) is 6.88. The molecule has 3 aromatic rings. The van der Waals surface area contributed by atoms with Crippen molar-refractivity contribution < 1.29 is 14.3 Å². The van der Waals surface area contributed by atoms with E-state index in [1.54, 1.807) is 12.1 Å². The number of fused-ring (bicyclic) bond motifs is 1. The highest BCUT2D eigenvalue weighted by Crippen LogP contribution is 2.33. The zero-order chi connectivity index (χ0) is 25.1. The molecular weight excluding hydrogens is 496 g/mol. The molecule has 0 fully saturated rings. The molecule has 0 aromatic heterocycles. The highest BCUT2D eigenvalue weighted by Gasteiger charge is 2.36. The fraction of sp³-hybridized carbons (Fsp3) is 0.111. The Morgan fingerprint density at radius 3 is 2.28 bits per heavy atom. The van der Waals surface area contributed by atoms with E-state index in [-0.39, 0.29) is 11.4 Å². The van der Waals surface area contributed by atoms with Crippen LogP contribution in [-0.2, 0) is 4.79 Å². The Bertz CT molecular complexity index is 1420. The lowest BCUT2D eigenvalue weighted by atomic mass is 10.1. The molecule has 0 saturated carbocycles. The number of amidine groups is 2. The minimum absolute atomic E-state index is 0.0341. The second-order valence-corrected chi connectivity index (χ2v) is 9.35. The van der Waals surface area contributed by atoms with Crippen LogP contribution in [-0.4, -0.2) is 40.2 Å². The maximum Gasteiger partial charge on any atom is 0.283 e. The molecule has 0 radical (unpaired) electrons. The standard InChI is InChI=1S/C27H21ClN4O3S/c1-17-6-10-19(11-7-17)34-14-15-35-20-12-8-18(9-13-20)16-22-24(29)32-27(30-25(22)33)36-26(31-32)21-4-2-3-5-23(21)28/h2-13,16,29H,14-15H2,1H3/b22-16-,29-24?. The molecule has 36 heavy (non-hydrogen) atoms. The van der Waals surface area contributed by atoms with E-state index in [9.17, 15) is 4.79 Å². The number of thioether (sulfide) groups is 1. The van der Waals surface area contributed by atoms with Gasteiger partial charge in [-0.15, -0.1) is 0 Å². The van der Waals surface area contributed by atoms with Crippen LogP contribution < -0.4 is 9.47 Å². The zero-order valence-corrected chi connectivity index (χ0v) is 20.8. The Labute approximate surface area is 217 Å². The Morgan fingerprint density at radius 1 is 0.972 bits per heavy atom. The summed E-state index contributed by atoms with van der Waals surface area (Å²) < 4.78 is 11.4. The van der Waals surface area contributed by atoms with E-state index in [0.29, 0.717) is 34.2 Å². The molecule has 0 spiro atoms. The highest BCUT2D eigenvalue weighted by molar-refractivity contribution is 8.27. The molecule has 0 aliphatic carbocycles. The third-order valence-corrected chi connectivity index (χ3v) is 6.66. The number of hydrazone groups is 1. The van der Waals surface area contributed by atoms with Gasteiger partial charge in [-0.25, -0.2) is 0 Å². The number of nitrogens with zero attached hydrogens (tertiary/aromatic N) is 3. The number of benzene rings is 3. The molecule has 180 valence electrons. The summed E-state index contributed by atoms with van der Waals surface area (Å²) in [5, 5.41) is 15.9. The van der Waals surface area contributed by atoms with Gasteiger partial charge in [-0.2, -0.15) is 15.1 Å². The number of carbonyl (C=O) groups is 1. The second-order valence-electron chi connectivity index (χ2n) is 7.98. The van der Waals surface area contributed by atoms with Gasteiger partial charge in [0.15, 0.2) is 5.84 Å². The van der Waals surface area contributed by atoms with E-state index in [2.05, 4.69) is 10.1 Å². The van der Waals surface area contributed by atoms with Crippen LogP contribution >= 0.6 is 23.4 Å². The lowest BCUT2D eigenvalue weighted by Crippen LogP contribution is -2.35. The van der Waals surface area contributed by atoms with Gasteiger partial charge in [-0.1, -0.05) is 59.6 Å². The summed E-state index contributed by atoms with van der Waals surface area (Å²) in [4.78, 5) is 16.8. The number of nitrogens with one attached hydrogen (secondary N) is 1. The molecule has 0 atom stereocenters. The average molecular weight is 517 g/mol. The first-order valence-corrected chi connectivity index (χ1v) is 12.3. The number of aryl methyl sites for hydroxylation is 1. The van der Waals surface area contributed by atoms with Crippen LogP contribution in [0.25, 0.3) is 6.08 Å². The van der Waals surface area contributed by atoms with Crippen molar-refractivity contribution >= 4 is 51.4 Å². The van der Waals surface area contributed by atoms with E-state index >= 15 is 0 Å². The lowest BCUT2D eigenvalue weighted by Gasteiger charge is -2.20. The fourth-order valence-electron chi connectivity index (χ4n) is 3.52. The normalized spacial score (nSPS) is 16.1. The van der Waals surface area contributed by atoms with Gasteiger partial charge in [0.2, 0.25) is 5.17 Å². The number of hydrogen-bond donors (Lipinski definition) is 1. The zero-order valence-electron chi connectivity index (χ0n) is 19.3. The van der Waals surface area contributed by atoms with Crippen LogP contribution in [0.15, 0.2) is 88.5 Å². The first-order valence-electron chi connectivity index (χ1n) is 11.2. The summed E-state index contributed by atoms with van der Waals surface area (Å²) in [6, 6.07) is 22.4. The predicted molar refractivity (Wildman–Crippen MR) is 144 cm³/mol. The fourth-order valence-corrected chi connectivity index (χ4v) is 4.73. The number of hydrogen-bond acceptors (Lipinski definition) is 6. The summed E-state index contributed by atoms with van der Waals surface area (Å²) in [5.41, 5.74) is 2.81. The van der Waals surface area contributed by atoms with Gasteiger partial charge in [0.1, 0.15) is 29.8 Å². The summed E-state index contributed by atoms with van der Waals surface area (Å²) in [6.07, 6.45) is 1.63. The Balaban J connectivity index is 1.23. The number of rotatable bonds is 7. The van der Waals surface area contributed by atoms with E-state index in [0.717, 1.165) is 16.9 Å². The van der Waals surface area contributed by atoms with Gasteiger partial charge < -0.3 is 9.47 Å². The molecule has 9 heteroatoms. The monoisotopic (exact) mass is 516 g/mol. The molecule has 2 aliphatic heterocycles. The maximum absolute atomic E-state index is 12.7. The van der Waals surface area contributed by atoms with Gasteiger partial charge in [0.25, 0.3) is 5.91 Å². The molecular formula is C27H21ClN4O3S. The van der Waals surface area contributed by atoms with E-state index in [1.807, 2.05) is 73.7 Å². The Hall–Kier alpha value is -3.88. The van der Waals surface area contributed by atoms with Crippen molar-refractivity contribution in [2.45, 2.75) is 6.92 Å². The summed E-state index contributed by atoms with van der Waals surface area (Å²) in [5.74, 6) is 0.965. The molecule has 1 amide bonds. The van der Waals surface area contributed by atoms with Crippen LogP contribution in [0, 0.1) is 12.3 Å². The van der Waals surface area contributed by atoms with Gasteiger partial charge in [-0.05, 0) is 60.7 Å². The van der Waals surface area contributed by atoms with Crippen molar-refractivity contribution in [1.29, 1.82) is 5.41 Å². The van der Waals surface area contributed by atoms with Crippen molar-refractivity contribution in [2.24, 2.45) is 10.1 Å². The van der Waals surface area contributed by atoms with Crippen molar-refractivity contribution in [3.63, 3.8) is 0 Å². The maximum atomic E-state index is 12.7. The molecule has 0 unspecified atom stereocenters. The van der Waals surface area contributed by atoms with E-state index < -0.39 is 5.91 Å². The van der Waals surface area contributed by atoms with Crippen molar-refractivity contribution in [1.82, 2.24) is 5.01 Å². The molecule has 2 heterocycles. The molecule has 5 rings (SSSR count). The molecule has 1 N–H and O–H groups in total. The smallest absolute Gasteiger partial charge is 0.283 e. The molecule has 0 bridgehead atoms. The third-order valence-electron chi connectivity index (χ3n) is 5.39. The SMILES string of the molecule is Cc1ccc(OCCOc2ccc(/C=C3/C(=N)N4N=C(c5ccccc5Cl)SC4=NC3=O)cc2)cc1.